The van der Waals surface area contributed by atoms with E-state index in [4.69, 9.17) is 4.74 Å². The molecule has 6 nitrogen and oxygen atoms in total. The normalized spacial score (nSPS) is 10.4. The lowest BCUT2D eigenvalue weighted by Gasteiger charge is -2.16. The average molecular weight is 350 g/mol. The maximum Gasteiger partial charge on any atom is 0.260 e. The number of hydrogen-bond acceptors (Lipinski definition) is 4. The molecule has 0 atom stereocenters. The molecule has 0 fully saturated rings. The maximum absolute atomic E-state index is 12.2. The zero-order chi connectivity index (χ0) is 18.4. The highest BCUT2D eigenvalue weighted by atomic mass is 16.5. The topological polar surface area (TPSA) is 59.4 Å². The number of carbonyl (C=O) groups is 1. The van der Waals surface area contributed by atoms with Crippen LogP contribution in [0.25, 0.3) is 0 Å². The van der Waals surface area contributed by atoms with Crippen LogP contribution in [0.15, 0.2) is 67.0 Å². The van der Waals surface area contributed by atoms with Crippen molar-refractivity contribution in [2.45, 2.75) is 6.54 Å². The Morgan fingerprint density at radius 1 is 1.12 bits per heavy atom. The third-order valence-electron chi connectivity index (χ3n) is 3.88. The summed E-state index contributed by atoms with van der Waals surface area (Å²) in [4.78, 5) is 13.8. The molecule has 0 bridgehead atoms. The molecule has 0 unspecified atom stereocenters. The molecular formula is C20H22N4O2. The van der Waals surface area contributed by atoms with E-state index in [1.165, 1.54) is 0 Å². The average Bonchev–Trinajstić information content (AvgIpc) is 3.06. The first kappa shape index (κ1) is 17.5. The van der Waals surface area contributed by atoms with Crippen LogP contribution >= 0.6 is 0 Å². The molecule has 0 aliphatic heterocycles. The highest BCUT2D eigenvalue weighted by Crippen LogP contribution is 2.19. The Bertz CT molecular complexity index is 844. The van der Waals surface area contributed by atoms with Gasteiger partial charge in [0.1, 0.15) is 5.75 Å². The number of hydrogen-bond donors (Lipinski definition) is 1. The Morgan fingerprint density at radius 2 is 1.81 bits per heavy atom. The molecule has 0 aliphatic rings. The first-order valence-corrected chi connectivity index (χ1v) is 8.36. The number of ether oxygens (including phenoxy) is 1. The molecule has 6 heteroatoms. The third-order valence-corrected chi connectivity index (χ3v) is 3.88. The second-order valence-electron chi connectivity index (χ2n) is 6.08. The highest BCUT2D eigenvalue weighted by molar-refractivity contribution is 5.77. The van der Waals surface area contributed by atoms with Crippen LogP contribution in [0, 0.1) is 0 Å². The first-order valence-electron chi connectivity index (χ1n) is 8.36. The molecule has 1 heterocycles. The molecule has 0 aliphatic carbocycles. The Morgan fingerprint density at radius 3 is 2.46 bits per heavy atom. The van der Waals surface area contributed by atoms with Gasteiger partial charge >= 0.3 is 0 Å². The van der Waals surface area contributed by atoms with E-state index in [0.717, 1.165) is 16.9 Å². The molecule has 0 spiro atoms. The van der Waals surface area contributed by atoms with Crippen molar-refractivity contribution < 1.29 is 9.53 Å². The van der Waals surface area contributed by atoms with Gasteiger partial charge in [0, 0.05) is 43.8 Å². The van der Waals surface area contributed by atoms with Crippen LogP contribution in [0.5, 0.6) is 5.75 Å². The number of benzene rings is 2. The molecule has 0 saturated carbocycles. The molecule has 0 saturated heterocycles. The van der Waals surface area contributed by atoms with E-state index in [1.807, 2.05) is 67.8 Å². The molecular weight excluding hydrogens is 328 g/mol. The number of carbonyl (C=O) groups excluding carboxylic acids is 1. The van der Waals surface area contributed by atoms with E-state index in [9.17, 15) is 4.79 Å². The van der Waals surface area contributed by atoms with E-state index in [-0.39, 0.29) is 12.5 Å². The predicted molar refractivity (Wildman–Crippen MR) is 101 cm³/mol. The van der Waals surface area contributed by atoms with Crippen molar-refractivity contribution >= 4 is 17.3 Å². The van der Waals surface area contributed by atoms with Gasteiger partial charge in [0.25, 0.3) is 5.91 Å². The lowest BCUT2D eigenvalue weighted by atomic mass is 10.2. The van der Waals surface area contributed by atoms with E-state index in [0.29, 0.717) is 12.3 Å². The van der Waals surface area contributed by atoms with Crippen LogP contribution in [0.3, 0.4) is 0 Å². The quantitative estimate of drug-likeness (QED) is 0.711. The van der Waals surface area contributed by atoms with Gasteiger partial charge in [0.05, 0.1) is 6.20 Å². The second kappa shape index (κ2) is 8.20. The zero-order valence-corrected chi connectivity index (χ0v) is 14.9. The molecule has 26 heavy (non-hydrogen) atoms. The van der Waals surface area contributed by atoms with E-state index in [2.05, 4.69) is 10.4 Å². The van der Waals surface area contributed by atoms with Crippen molar-refractivity contribution in [3.63, 3.8) is 0 Å². The number of nitrogens with one attached hydrogen (secondary N) is 1. The summed E-state index contributed by atoms with van der Waals surface area (Å²) in [6.45, 7) is 0.512. The van der Waals surface area contributed by atoms with Crippen molar-refractivity contribution in [2.24, 2.45) is 7.05 Å². The summed E-state index contributed by atoms with van der Waals surface area (Å²) in [5.41, 5.74) is 2.97. The number of aryl methyl sites for hydroxylation is 1. The zero-order valence-electron chi connectivity index (χ0n) is 14.9. The van der Waals surface area contributed by atoms with E-state index in [1.54, 1.807) is 22.8 Å². The lowest BCUT2D eigenvalue weighted by Crippen LogP contribution is -2.30. The second-order valence-corrected chi connectivity index (χ2v) is 6.08. The Labute approximate surface area is 153 Å². The Hall–Kier alpha value is -3.28. The van der Waals surface area contributed by atoms with Gasteiger partial charge in [-0.05, 0) is 36.4 Å². The van der Waals surface area contributed by atoms with Crippen molar-refractivity contribution in [1.82, 2.24) is 14.7 Å². The summed E-state index contributed by atoms with van der Waals surface area (Å²) in [7, 11) is 3.61. The van der Waals surface area contributed by atoms with Crippen LogP contribution in [0.2, 0.25) is 0 Å². The van der Waals surface area contributed by atoms with Crippen LogP contribution < -0.4 is 10.1 Å². The predicted octanol–water partition coefficient (Wildman–Crippen LogP) is 3.20. The minimum absolute atomic E-state index is 0.00221. The monoisotopic (exact) mass is 350 g/mol. The van der Waals surface area contributed by atoms with Gasteiger partial charge in [-0.25, -0.2) is 0 Å². The van der Waals surface area contributed by atoms with Crippen molar-refractivity contribution in [3.05, 3.63) is 72.6 Å². The highest BCUT2D eigenvalue weighted by Gasteiger charge is 2.11. The van der Waals surface area contributed by atoms with Gasteiger partial charge in [-0.1, -0.05) is 18.2 Å². The van der Waals surface area contributed by atoms with Crippen molar-refractivity contribution in [1.29, 1.82) is 0 Å². The summed E-state index contributed by atoms with van der Waals surface area (Å²) in [6, 6.07) is 17.5. The third kappa shape index (κ3) is 4.86. The molecule has 1 amide bonds. The fourth-order valence-electron chi connectivity index (χ4n) is 2.49. The van der Waals surface area contributed by atoms with E-state index < -0.39 is 0 Å². The minimum Gasteiger partial charge on any atom is -0.484 e. The summed E-state index contributed by atoms with van der Waals surface area (Å²) in [5.74, 6) is 0.576. The number of nitrogens with zero attached hydrogens (tertiary/aromatic N) is 3. The Kier molecular flexibility index (Phi) is 5.53. The number of likely N-dealkylation sites (N-methyl/N-ethyl adjacent to an activating group) is 1. The number of rotatable bonds is 7. The molecule has 134 valence electrons. The van der Waals surface area contributed by atoms with Gasteiger partial charge in [0.15, 0.2) is 6.61 Å². The first-order chi connectivity index (χ1) is 12.6. The van der Waals surface area contributed by atoms with Gasteiger partial charge in [-0.3, -0.25) is 9.48 Å². The van der Waals surface area contributed by atoms with Crippen LogP contribution in [0.1, 0.15) is 5.56 Å². The maximum atomic E-state index is 12.2. The summed E-state index contributed by atoms with van der Waals surface area (Å²) >= 11 is 0. The number of para-hydroxylation sites is 1. The number of anilines is 2. The van der Waals surface area contributed by atoms with E-state index >= 15 is 0 Å². The number of amides is 1. The van der Waals surface area contributed by atoms with Gasteiger partial charge < -0.3 is 15.0 Å². The fraction of sp³-hybridized carbons (Fsp3) is 0.200. The molecule has 1 N–H and O–H groups in total. The number of aromatic nitrogens is 2. The van der Waals surface area contributed by atoms with Gasteiger partial charge in [-0.2, -0.15) is 5.10 Å². The summed E-state index contributed by atoms with van der Waals surface area (Å²) in [6.07, 6.45) is 3.65. The van der Waals surface area contributed by atoms with Crippen LogP contribution in [-0.4, -0.2) is 34.2 Å². The largest absolute Gasteiger partial charge is 0.484 e. The molecule has 1 aromatic heterocycles. The van der Waals surface area contributed by atoms with Gasteiger partial charge in [-0.15, -0.1) is 0 Å². The summed E-state index contributed by atoms with van der Waals surface area (Å²) in [5, 5.41) is 7.41. The summed E-state index contributed by atoms with van der Waals surface area (Å²) < 4.78 is 7.31. The lowest BCUT2D eigenvalue weighted by molar-refractivity contribution is -0.132. The smallest absolute Gasteiger partial charge is 0.260 e. The fourth-order valence-corrected chi connectivity index (χ4v) is 2.49. The van der Waals surface area contributed by atoms with Crippen molar-refractivity contribution in [3.8, 4) is 5.75 Å². The van der Waals surface area contributed by atoms with Crippen LogP contribution in [-0.2, 0) is 18.4 Å². The standard InChI is InChI=1S/C20H22N4O2/c1-23(13-16-12-21-24(2)14-16)20(25)15-26-19-10-8-18(9-11-19)22-17-6-4-3-5-7-17/h3-12,14,22H,13,15H2,1-2H3. The molecule has 3 rings (SSSR count). The molecule has 2 aromatic carbocycles. The Balaban J connectivity index is 1.48. The molecule has 3 aromatic rings. The minimum atomic E-state index is -0.0830. The SMILES string of the molecule is CN(Cc1cnn(C)c1)C(=O)COc1ccc(Nc2ccccc2)cc1. The van der Waals surface area contributed by atoms with Crippen molar-refractivity contribution in [2.75, 3.05) is 19.0 Å². The van der Waals surface area contributed by atoms with Crippen LogP contribution in [0.4, 0.5) is 11.4 Å². The molecule has 0 radical (unpaired) electrons. The van der Waals surface area contributed by atoms with Gasteiger partial charge in [0.2, 0.25) is 0 Å².